The lowest BCUT2D eigenvalue weighted by Crippen LogP contribution is -2.15. The molecule has 0 amide bonds. The Labute approximate surface area is 94.7 Å². The summed E-state index contributed by atoms with van der Waals surface area (Å²) in [6.07, 6.45) is 9.40. The number of aromatic nitrogens is 3. The van der Waals surface area contributed by atoms with Crippen LogP contribution in [0.1, 0.15) is 26.2 Å². The molecule has 2 heterocycles. The van der Waals surface area contributed by atoms with Gasteiger partial charge in [0.1, 0.15) is 5.52 Å². The molecule has 1 saturated carbocycles. The Morgan fingerprint density at radius 1 is 1.44 bits per heavy atom. The van der Waals surface area contributed by atoms with Crippen molar-refractivity contribution in [2.24, 2.45) is 5.41 Å². The lowest BCUT2D eigenvalue weighted by Gasteiger charge is -2.14. The van der Waals surface area contributed by atoms with E-state index in [9.17, 15) is 0 Å². The minimum atomic E-state index is 0.536. The highest BCUT2D eigenvalue weighted by Crippen LogP contribution is 2.48. The van der Waals surface area contributed by atoms with Crippen molar-refractivity contribution >= 4 is 11.3 Å². The zero-order valence-electron chi connectivity index (χ0n) is 9.48. The molecular weight excluding hydrogens is 200 g/mol. The predicted octanol–water partition coefficient (Wildman–Crippen LogP) is 2.33. The van der Waals surface area contributed by atoms with E-state index in [1.807, 2.05) is 16.8 Å². The average molecular weight is 216 g/mol. The molecule has 0 spiro atoms. The molecule has 1 aliphatic rings. The molecule has 0 aliphatic heterocycles. The number of nitrogens with one attached hydrogen (secondary N) is 1. The van der Waals surface area contributed by atoms with Crippen LogP contribution in [0.2, 0.25) is 0 Å². The Morgan fingerprint density at radius 2 is 2.31 bits per heavy atom. The molecule has 2 aromatic heterocycles. The van der Waals surface area contributed by atoms with E-state index >= 15 is 0 Å². The van der Waals surface area contributed by atoms with Crippen LogP contribution in [0.5, 0.6) is 0 Å². The van der Waals surface area contributed by atoms with Crippen molar-refractivity contribution in [3.05, 3.63) is 24.7 Å². The van der Waals surface area contributed by atoms with Gasteiger partial charge in [0, 0.05) is 18.9 Å². The van der Waals surface area contributed by atoms with Crippen LogP contribution in [0.3, 0.4) is 0 Å². The monoisotopic (exact) mass is 216 g/mol. The second-order valence-corrected chi connectivity index (χ2v) is 4.64. The fourth-order valence-corrected chi connectivity index (χ4v) is 2.10. The van der Waals surface area contributed by atoms with Crippen molar-refractivity contribution in [3.63, 3.8) is 0 Å². The lowest BCUT2D eigenvalue weighted by atomic mass is 10.0. The van der Waals surface area contributed by atoms with Gasteiger partial charge in [0.15, 0.2) is 5.82 Å². The Bertz CT molecular complexity index is 498. The maximum Gasteiger partial charge on any atom is 0.152 e. The van der Waals surface area contributed by atoms with Gasteiger partial charge in [-0.05, 0) is 30.7 Å². The van der Waals surface area contributed by atoms with Crippen LogP contribution in [-0.2, 0) is 0 Å². The third-order valence-corrected chi connectivity index (χ3v) is 3.66. The molecule has 0 radical (unpaired) electrons. The summed E-state index contributed by atoms with van der Waals surface area (Å²) in [5.74, 6) is 0.944. The van der Waals surface area contributed by atoms with Crippen molar-refractivity contribution in [1.82, 2.24) is 14.6 Å². The highest BCUT2D eigenvalue weighted by atomic mass is 15.2. The van der Waals surface area contributed by atoms with Gasteiger partial charge in [-0.1, -0.05) is 6.92 Å². The van der Waals surface area contributed by atoms with E-state index in [2.05, 4.69) is 22.3 Å². The van der Waals surface area contributed by atoms with E-state index in [1.54, 1.807) is 12.4 Å². The zero-order valence-corrected chi connectivity index (χ0v) is 9.48. The summed E-state index contributed by atoms with van der Waals surface area (Å²) in [7, 11) is 0. The first kappa shape index (κ1) is 9.63. The van der Waals surface area contributed by atoms with Gasteiger partial charge < -0.3 is 5.32 Å². The third-order valence-electron chi connectivity index (χ3n) is 3.66. The number of fused-ring (bicyclic) bond motifs is 1. The molecular formula is C12H16N4. The van der Waals surface area contributed by atoms with E-state index in [0.29, 0.717) is 5.41 Å². The van der Waals surface area contributed by atoms with Crippen LogP contribution in [0.25, 0.3) is 5.52 Å². The Balaban J connectivity index is 1.81. The molecule has 1 N–H and O–H groups in total. The molecule has 0 bridgehead atoms. The molecule has 4 heteroatoms. The SMILES string of the molecule is CCC1(CNc2nccn3nccc23)CC1. The van der Waals surface area contributed by atoms with Gasteiger partial charge in [0.25, 0.3) is 0 Å². The summed E-state index contributed by atoms with van der Waals surface area (Å²) in [5, 5.41) is 7.65. The fourth-order valence-electron chi connectivity index (χ4n) is 2.10. The van der Waals surface area contributed by atoms with Crippen LogP contribution in [0.4, 0.5) is 5.82 Å². The van der Waals surface area contributed by atoms with E-state index < -0.39 is 0 Å². The smallest absolute Gasteiger partial charge is 0.152 e. The molecule has 84 valence electrons. The Morgan fingerprint density at radius 3 is 3.06 bits per heavy atom. The molecule has 2 aromatic rings. The van der Waals surface area contributed by atoms with Crippen LogP contribution >= 0.6 is 0 Å². The van der Waals surface area contributed by atoms with Gasteiger partial charge in [-0.15, -0.1) is 0 Å². The summed E-state index contributed by atoms with van der Waals surface area (Å²) in [5.41, 5.74) is 1.59. The van der Waals surface area contributed by atoms with Crippen LogP contribution < -0.4 is 5.32 Å². The molecule has 0 atom stereocenters. The normalized spacial score (nSPS) is 17.6. The van der Waals surface area contributed by atoms with Crippen molar-refractivity contribution in [3.8, 4) is 0 Å². The molecule has 0 saturated heterocycles. The molecule has 16 heavy (non-hydrogen) atoms. The van der Waals surface area contributed by atoms with E-state index in [4.69, 9.17) is 0 Å². The molecule has 4 nitrogen and oxygen atoms in total. The number of anilines is 1. The quantitative estimate of drug-likeness (QED) is 0.853. The minimum absolute atomic E-state index is 0.536. The highest BCUT2D eigenvalue weighted by molar-refractivity contribution is 5.66. The van der Waals surface area contributed by atoms with Gasteiger partial charge in [0.2, 0.25) is 0 Å². The van der Waals surface area contributed by atoms with Crippen LogP contribution in [0, 0.1) is 5.41 Å². The van der Waals surface area contributed by atoms with Crippen molar-refractivity contribution in [2.45, 2.75) is 26.2 Å². The molecule has 3 rings (SSSR count). The van der Waals surface area contributed by atoms with Gasteiger partial charge >= 0.3 is 0 Å². The average Bonchev–Trinajstić information content (AvgIpc) is 2.94. The van der Waals surface area contributed by atoms with E-state index in [-0.39, 0.29) is 0 Å². The van der Waals surface area contributed by atoms with Crippen molar-refractivity contribution < 1.29 is 0 Å². The highest BCUT2D eigenvalue weighted by Gasteiger charge is 2.40. The predicted molar refractivity (Wildman–Crippen MR) is 63.4 cm³/mol. The minimum Gasteiger partial charge on any atom is -0.368 e. The van der Waals surface area contributed by atoms with E-state index in [1.165, 1.54) is 19.3 Å². The summed E-state index contributed by atoms with van der Waals surface area (Å²) in [6.45, 7) is 3.29. The maximum absolute atomic E-state index is 4.37. The summed E-state index contributed by atoms with van der Waals surface area (Å²) < 4.78 is 1.85. The van der Waals surface area contributed by atoms with Gasteiger partial charge in [-0.25, -0.2) is 9.50 Å². The summed E-state index contributed by atoms with van der Waals surface area (Å²) >= 11 is 0. The van der Waals surface area contributed by atoms with Gasteiger partial charge in [-0.3, -0.25) is 0 Å². The Kier molecular flexibility index (Phi) is 2.09. The van der Waals surface area contributed by atoms with Gasteiger partial charge in [0.05, 0.1) is 6.20 Å². The molecule has 1 fully saturated rings. The van der Waals surface area contributed by atoms with Gasteiger partial charge in [-0.2, -0.15) is 5.10 Å². The van der Waals surface area contributed by atoms with Crippen molar-refractivity contribution in [2.75, 3.05) is 11.9 Å². The number of hydrogen-bond acceptors (Lipinski definition) is 3. The molecule has 0 aromatic carbocycles. The number of hydrogen-bond donors (Lipinski definition) is 1. The maximum atomic E-state index is 4.37. The first-order valence-electron chi connectivity index (χ1n) is 5.85. The fraction of sp³-hybridized carbons (Fsp3) is 0.500. The second-order valence-electron chi connectivity index (χ2n) is 4.64. The number of rotatable bonds is 4. The Hall–Kier alpha value is -1.58. The van der Waals surface area contributed by atoms with E-state index in [0.717, 1.165) is 17.9 Å². The lowest BCUT2D eigenvalue weighted by molar-refractivity contribution is 0.521. The van der Waals surface area contributed by atoms with Crippen LogP contribution in [0.15, 0.2) is 24.7 Å². The summed E-state index contributed by atoms with van der Waals surface area (Å²) in [4.78, 5) is 4.37. The first-order valence-corrected chi connectivity index (χ1v) is 5.85. The largest absolute Gasteiger partial charge is 0.368 e. The molecule has 0 unspecified atom stereocenters. The first-order chi connectivity index (χ1) is 7.83. The zero-order chi connectivity index (χ0) is 11.0. The topological polar surface area (TPSA) is 42.2 Å². The number of nitrogens with zero attached hydrogens (tertiary/aromatic N) is 3. The standard InChI is InChI=1S/C12H16N4/c1-2-12(4-5-12)9-14-11-10-3-6-15-16(10)8-7-13-11/h3,6-8H,2,4-5,9H2,1H3,(H,13,14). The van der Waals surface area contributed by atoms with Crippen LogP contribution in [-0.4, -0.2) is 21.1 Å². The molecule has 1 aliphatic carbocycles. The second kappa shape index (κ2) is 3.47. The summed E-state index contributed by atoms with van der Waals surface area (Å²) in [6, 6.07) is 1.99. The van der Waals surface area contributed by atoms with Crippen molar-refractivity contribution in [1.29, 1.82) is 0 Å². The third kappa shape index (κ3) is 1.54.